The van der Waals surface area contributed by atoms with E-state index in [0.29, 0.717) is 6.04 Å². The van der Waals surface area contributed by atoms with E-state index in [0.717, 1.165) is 12.0 Å². The Labute approximate surface area is 101 Å². The third-order valence-electron chi connectivity index (χ3n) is 4.77. The maximum atomic E-state index is 6.13. The van der Waals surface area contributed by atoms with E-state index >= 15 is 0 Å². The maximum Gasteiger partial charge on any atom is 0.00922 e. The minimum atomic E-state index is 0.500. The van der Waals surface area contributed by atoms with Crippen molar-refractivity contribution in [2.75, 3.05) is 13.6 Å². The standard InChI is InChI=1S/C14H28N2/c1-16(13-7-3-2-4-8-13)11-10-12-6-5-9-14(12)15/h12-14H,2-11,15H2,1H3. The molecule has 2 aliphatic carbocycles. The number of hydrogen-bond acceptors (Lipinski definition) is 2. The maximum absolute atomic E-state index is 6.13. The summed E-state index contributed by atoms with van der Waals surface area (Å²) in [7, 11) is 2.32. The van der Waals surface area contributed by atoms with E-state index in [1.54, 1.807) is 0 Å². The van der Waals surface area contributed by atoms with Crippen LogP contribution in [0.2, 0.25) is 0 Å². The van der Waals surface area contributed by atoms with Crippen molar-refractivity contribution in [3.63, 3.8) is 0 Å². The summed E-state index contributed by atoms with van der Waals surface area (Å²) >= 11 is 0. The van der Waals surface area contributed by atoms with Crippen molar-refractivity contribution in [2.45, 2.75) is 69.9 Å². The summed E-state index contributed by atoms with van der Waals surface area (Å²) in [6, 6.07) is 1.37. The van der Waals surface area contributed by atoms with Gasteiger partial charge in [-0.1, -0.05) is 25.7 Å². The Balaban J connectivity index is 1.68. The molecule has 2 heteroatoms. The minimum absolute atomic E-state index is 0.500. The molecule has 94 valence electrons. The molecule has 16 heavy (non-hydrogen) atoms. The highest BCUT2D eigenvalue weighted by atomic mass is 15.1. The van der Waals surface area contributed by atoms with Gasteiger partial charge in [0.05, 0.1) is 0 Å². The molecular formula is C14H28N2. The zero-order valence-corrected chi connectivity index (χ0v) is 10.8. The van der Waals surface area contributed by atoms with Crippen molar-refractivity contribution in [3.8, 4) is 0 Å². The van der Waals surface area contributed by atoms with Crippen molar-refractivity contribution < 1.29 is 0 Å². The van der Waals surface area contributed by atoms with Gasteiger partial charge in [0, 0.05) is 12.1 Å². The summed E-state index contributed by atoms with van der Waals surface area (Å²) in [6.07, 6.45) is 12.5. The van der Waals surface area contributed by atoms with Crippen molar-refractivity contribution in [1.29, 1.82) is 0 Å². The van der Waals surface area contributed by atoms with Gasteiger partial charge in [0.25, 0.3) is 0 Å². The monoisotopic (exact) mass is 224 g/mol. The van der Waals surface area contributed by atoms with Crippen LogP contribution in [0, 0.1) is 5.92 Å². The van der Waals surface area contributed by atoms with Crippen LogP contribution < -0.4 is 5.73 Å². The third kappa shape index (κ3) is 3.21. The Hall–Kier alpha value is -0.0800. The van der Waals surface area contributed by atoms with Crippen LogP contribution >= 0.6 is 0 Å². The van der Waals surface area contributed by atoms with E-state index in [1.165, 1.54) is 64.3 Å². The van der Waals surface area contributed by atoms with Gasteiger partial charge in [0.1, 0.15) is 0 Å². The van der Waals surface area contributed by atoms with Crippen molar-refractivity contribution in [3.05, 3.63) is 0 Å². The molecule has 0 aliphatic heterocycles. The summed E-state index contributed by atoms with van der Waals surface area (Å²) in [4.78, 5) is 2.60. The normalized spacial score (nSPS) is 32.4. The summed E-state index contributed by atoms with van der Waals surface area (Å²) in [5.74, 6) is 0.811. The number of rotatable bonds is 4. The lowest BCUT2D eigenvalue weighted by Gasteiger charge is -2.32. The Morgan fingerprint density at radius 3 is 2.38 bits per heavy atom. The first-order valence-electron chi connectivity index (χ1n) is 7.23. The highest BCUT2D eigenvalue weighted by Gasteiger charge is 2.25. The summed E-state index contributed by atoms with van der Waals surface area (Å²) in [6.45, 7) is 1.27. The molecule has 0 radical (unpaired) electrons. The van der Waals surface area contributed by atoms with E-state index < -0.39 is 0 Å². The lowest BCUT2D eigenvalue weighted by molar-refractivity contribution is 0.179. The van der Waals surface area contributed by atoms with Gasteiger partial charge in [-0.3, -0.25) is 0 Å². The van der Waals surface area contributed by atoms with E-state index in [1.807, 2.05) is 0 Å². The quantitative estimate of drug-likeness (QED) is 0.795. The van der Waals surface area contributed by atoms with Gasteiger partial charge >= 0.3 is 0 Å². The van der Waals surface area contributed by atoms with Crippen LogP contribution in [-0.2, 0) is 0 Å². The predicted octanol–water partition coefficient (Wildman–Crippen LogP) is 2.77. The molecule has 2 rings (SSSR count). The molecule has 0 heterocycles. The van der Waals surface area contributed by atoms with E-state index in [2.05, 4.69) is 11.9 Å². The molecule has 2 fully saturated rings. The second-order valence-electron chi connectivity index (χ2n) is 5.92. The molecule has 0 saturated heterocycles. The number of nitrogens with zero attached hydrogens (tertiary/aromatic N) is 1. The number of nitrogens with two attached hydrogens (primary N) is 1. The van der Waals surface area contributed by atoms with Crippen LogP contribution in [0.25, 0.3) is 0 Å². The molecule has 2 nitrogen and oxygen atoms in total. The van der Waals surface area contributed by atoms with E-state index in [4.69, 9.17) is 5.73 Å². The molecule has 0 aromatic rings. The average molecular weight is 224 g/mol. The molecule has 0 aromatic carbocycles. The van der Waals surface area contributed by atoms with Gasteiger partial charge in [-0.2, -0.15) is 0 Å². The Morgan fingerprint density at radius 2 is 1.75 bits per heavy atom. The first-order valence-corrected chi connectivity index (χ1v) is 7.23. The Bertz CT molecular complexity index is 199. The fraction of sp³-hybridized carbons (Fsp3) is 1.00. The summed E-state index contributed by atoms with van der Waals surface area (Å²) in [5.41, 5.74) is 6.13. The minimum Gasteiger partial charge on any atom is -0.327 e. The van der Waals surface area contributed by atoms with Crippen LogP contribution in [0.4, 0.5) is 0 Å². The van der Waals surface area contributed by atoms with Gasteiger partial charge < -0.3 is 10.6 Å². The third-order valence-corrected chi connectivity index (χ3v) is 4.77. The summed E-state index contributed by atoms with van der Waals surface area (Å²) in [5, 5.41) is 0. The zero-order chi connectivity index (χ0) is 11.4. The SMILES string of the molecule is CN(CCC1CCCC1N)C1CCCCC1. The predicted molar refractivity (Wildman–Crippen MR) is 69.4 cm³/mol. The molecule has 2 aliphatic rings. The van der Waals surface area contributed by atoms with Crippen molar-refractivity contribution >= 4 is 0 Å². The lowest BCUT2D eigenvalue weighted by atomic mass is 9.93. The lowest BCUT2D eigenvalue weighted by Crippen LogP contribution is -2.36. The van der Waals surface area contributed by atoms with Crippen molar-refractivity contribution in [2.24, 2.45) is 11.7 Å². The molecule has 0 aromatic heterocycles. The van der Waals surface area contributed by atoms with Crippen LogP contribution in [0.3, 0.4) is 0 Å². The summed E-state index contributed by atoms with van der Waals surface area (Å²) < 4.78 is 0. The van der Waals surface area contributed by atoms with Crippen LogP contribution in [0.1, 0.15) is 57.8 Å². The van der Waals surface area contributed by atoms with Crippen LogP contribution in [0.15, 0.2) is 0 Å². The van der Waals surface area contributed by atoms with E-state index in [-0.39, 0.29) is 0 Å². The molecule has 0 amide bonds. The van der Waals surface area contributed by atoms with Gasteiger partial charge in [-0.05, 0) is 51.6 Å². The largest absolute Gasteiger partial charge is 0.327 e. The van der Waals surface area contributed by atoms with Gasteiger partial charge in [-0.15, -0.1) is 0 Å². The highest BCUT2D eigenvalue weighted by molar-refractivity contribution is 4.82. The molecule has 2 N–H and O–H groups in total. The van der Waals surface area contributed by atoms with Gasteiger partial charge in [-0.25, -0.2) is 0 Å². The molecular weight excluding hydrogens is 196 g/mol. The van der Waals surface area contributed by atoms with Gasteiger partial charge in [0.15, 0.2) is 0 Å². The highest BCUT2D eigenvalue weighted by Crippen LogP contribution is 2.28. The topological polar surface area (TPSA) is 29.3 Å². The second-order valence-corrected chi connectivity index (χ2v) is 5.92. The fourth-order valence-corrected chi connectivity index (χ4v) is 3.50. The fourth-order valence-electron chi connectivity index (χ4n) is 3.50. The molecule has 2 saturated carbocycles. The number of hydrogen-bond donors (Lipinski definition) is 1. The average Bonchev–Trinajstić information content (AvgIpc) is 2.73. The molecule has 0 spiro atoms. The first kappa shape index (κ1) is 12.4. The van der Waals surface area contributed by atoms with E-state index in [9.17, 15) is 0 Å². The molecule has 2 unspecified atom stereocenters. The molecule has 2 atom stereocenters. The Morgan fingerprint density at radius 1 is 1.00 bits per heavy atom. The zero-order valence-electron chi connectivity index (χ0n) is 10.8. The first-order chi connectivity index (χ1) is 7.77. The van der Waals surface area contributed by atoms with Crippen molar-refractivity contribution in [1.82, 2.24) is 4.90 Å². The molecule has 0 bridgehead atoms. The van der Waals surface area contributed by atoms with Crippen LogP contribution in [-0.4, -0.2) is 30.6 Å². The van der Waals surface area contributed by atoms with Crippen LogP contribution in [0.5, 0.6) is 0 Å². The smallest absolute Gasteiger partial charge is 0.00922 e. The Kier molecular flexibility index (Phi) is 4.66. The second kappa shape index (κ2) is 6.02. The van der Waals surface area contributed by atoms with Gasteiger partial charge in [0.2, 0.25) is 0 Å².